The van der Waals surface area contributed by atoms with E-state index in [0.29, 0.717) is 26.1 Å². The molecular weight excluding hydrogens is 885 g/mol. The van der Waals surface area contributed by atoms with Crippen molar-refractivity contribution in [2.24, 2.45) is 0 Å². The summed E-state index contributed by atoms with van der Waals surface area (Å²) < 4.78 is 17.6. The number of esters is 2. The Morgan fingerprint density at radius 3 is 0.958 bits per heavy atom. The second kappa shape index (κ2) is 63.4. The smallest absolute Gasteiger partial charge is 0.306 e. The zero-order valence-electron chi connectivity index (χ0n) is 49.0. The molecule has 0 fully saturated rings. The summed E-state index contributed by atoms with van der Waals surface area (Å²) in [5.41, 5.74) is 0. The predicted molar refractivity (Wildman–Crippen MR) is 316 cm³/mol. The maximum atomic E-state index is 12.9. The van der Waals surface area contributed by atoms with Gasteiger partial charge in [-0.05, 0) is 77.0 Å². The first-order chi connectivity index (χ1) is 35.6. The first-order valence-corrected chi connectivity index (χ1v) is 32.5. The number of carbonyl (C=O) groups is 2. The van der Waals surface area contributed by atoms with Crippen LogP contribution in [0.2, 0.25) is 0 Å². The van der Waals surface area contributed by atoms with Crippen molar-refractivity contribution in [1.82, 2.24) is 0 Å². The second-order valence-corrected chi connectivity index (χ2v) is 22.0. The van der Waals surface area contributed by atoms with Gasteiger partial charge in [0.2, 0.25) is 0 Å². The van der Waals surface area contributed by atoms with E-state index >= 15 is 0 Å². The number of rotatable bonds is 61. The predicted octanol–water partition coefficient (Wildman–Crippen LogP) is 22.5. The molecule has 0 rings (SSSR count). The van der Waals surface area contributed by atoms with Crippen molar-refractivity contribution in [1.29, 1.82) is 0 Å². The third-order valence-electron chi connectivity index (χ3n) is 14.6. The van der Waals surface area contributed by atoms with Crippen molar-refractivity contribution >= 4 is 11.9 Å². The van der Waals surface area contributed by atoms with Crippen molar-refractivity contribution < 1.29 is 23.8 Å². The van der Waals surface area contributed by atoms with E-state index in [1.165, 1.54) is 283 Å². The Bertz CT molecular complexity index is 1140. The lowest BCUT2D eigenvalue weighted by atomic mass is 10.0. The van der Waals surface area contributed by atoms with Crippen LogP contribution in [0.1, 0.15) is 355 Å². The maximum Gasteiger partial charge on any atom is 0.306 e. The number of allylic oxidation sites excluding steroid dienone is 6. The van der Waals surface area contributed by atoms with Crippen molar-refractivity contribution in [3.63, 3.8) is 0 Å². The Hall–Kier alpha value is -1.88. The van der Waals surface area contributed by atoms with Crippen LogP contribution in [0.25, 0.3) is 0 Å². The molecule has 0 amide bonds. The van der Waals surface area contributed by atoms with E-state index in [0.717, 1.165) is 38.5 Å². The van der Waals surface area contributed by atoms with Gasteiger partial charge in [0.1, 0.15) is 6.61 Å². The van der Waals surface area contributed by atoms with Crippen LogP contribution in [0.5, 0.6) is 0 Å². The lowest BCUT2D eigenvalue weighted by Crippen LogP contribution is -2.30. The van der Waals surface area contributed by atoms with Crippen LogP contribution >= 0.6 is 0 Å². The minimum absolute atomic E-state index is 0.0873. The highest BCUT2D eigenvalue weighted by atomic mass is 16.6. The summed E-state index contributed by atoms with van der Waals surface area (Å²) in [5.74, 6) is -0.383. The van der Waals surface area contributed by atoms with Gasteiger partial charge in [-0.1, -0.05) is 301 Å². The molecule has 5 heteroatoms. The molecule has 0 aromatic heterocycles. The summed E-state index contributed by atoms with van der Waals surface area (Å²) in [4.78, 5) is 25.6. The second-order valence-electron chi connectivity index (χ2n) is 22.0. The van der Waals surface area contributed by atoms with Gasteiger partial charge in [0, 0.05) is 19.4 Å². The van der Waals surface area contributed by atoms with E-state index in [4.69, 9.17) is 14.2 Å². The molecule has 0 aromatic carbocycles. The van der Waals surface area contributed by atoms with E-state index in [-0.39, 0.29) is 18.5 Å². The molecule has 0 heterocycles. The third-order valence-corrected chi connectivity index (χ3v) is 14.6. The number of hydrogen-bond donors (Lipinski definition) is 0. The Kier molecular flexibility index (Phi) is 61.8. The van der Waals surface area contributed by atoms with Gasteiger partial charge in [-0.25, -0.2) is 0 Å². The SMILES string of the molecule is CCCCC/C=C\C/C=C\CCCCCCCCCCCC(=O)OCC(COCCCCCCCCCCCCCCCCCCCCCC)OC(=O)CCCCCCCCC/C=C\CCCCCCCC. The summed E-state index contributed by atoms with van der Waals surface area (Å²) in [6, 6.07) is 0. The van der Waals surface area contributed by atoms with Gasteiger partial charge in [-0.3, -0.25) is 9.59 Å². The van der Waals surface area contributed by atoms with E-state index in [2.05, 4.69) is 57.2 Å². The summed E-state index contributed by atoms with van der Waals surface area (Å²) >= 11 is 0. The quantitative estimate of drug-likeness (QED) is 0.0345. The zero-order valence-corrected chi connectivity index (χ0v) is 49.0. The minimum Gasteiger partial charge on any atom is -0.462 e. The summed E-state index contributed by atoms with van der Waals surface area (Å²) in [6.45, 7) is 7.87. The fourth-order valence-corrected chi connectivity index (χ4v) is 9.77. The molecule has 0 aliphatic heterocycles. The van der Waals surface area contributed by atoms with Gasteiger partial charge in [-0.15, -0.1) is 0 Å². The maximum absolute atomic E-state index is 12.9. The van der Waals surface area contributed by atoms with Crippen molar-refractivity contribution in [3.8, 4) is 0 Å². The Labute approximate surface area is 450 Å². The van der Waals surface area contributed by atoms with Crippen LogP contribution in [0.3, 0.4) is 0 Å². The van der Waals surface area contributed by atoms with Crippen LogP contribution in [0, 0.1) is 0 Å². The molecule has 72 heavy (non-hydrogen) atoms. The Morgan fingerprint density at radius 2 is 0.583 bits per heavy atom. The van der Waals surface area contributed by atoms with Crippen LogP contribution in [-0.4, -0.2) is 37.9 Å². The molecular formula is C67H126O5. The molecule has 424 valence electrons. The van der Waals surface area contributed by atoms with Crippen molar-refractivity contribution in [2.75, 3.05) is 19.8 Å². The van der Waals surface area contributed by atoms with E-state index in [1.54, 1.807) is 0 Å². The standard InChI is InChI=1S/C67H126O5/c1-4-7-10-13-16-19-22-25-28-31-33-35-38-41-44-47-50-53-56-59-62-70-63-65(72-67(69)61-58-55-52-49-46-43-40-36-30-27-24-21-18-15-12-9-6-3)64-71-66(68)60-57-54-51-48-45-42-39-37-34-32-29-26-23-20-17-14-11-8-5-2/h17,20,26-27,29-30,65H,4-16,18-19,21-25,28,31-64H2,1-3H3/b20-17-,29-26-,30-27-. The molecule has 1 unspecified atom stereocenters. The topological polar surface area (TPSA) is 61.8 Å². The minimum atomic E-state index is -0.537. The fourth-order valence-electron chi connectivity index (χ4n) is 9.77. The summed E-state index contributed by atoms with van der Waals surface area (Å²) in [7, 11) is 0. The first-order valence-electron chi connectivity index (χ1n) is 32.5. The summed E-state index contributed by atoms with van der Waals surface area (Å²) in [6.07, 6.45) is 79.0. The molecule has 0 radical (unpaired) electrons. The van der Waals surface area contributed by atoms with Crippen LogP contribution in [-0.2, 0) is 23.8 Å². The molecule has 0 spiro atoms. The van der Waals surface area contributed by atoms with Crippen LogP contribution in [0.15, 0.2) is 36.5 Å². The molecule has 1 atom stereocenters. The molecule has 0 aromatic rings. The third kappa shape index (κ3) is 60.7. The Morgan fingerprint density at radius 1 is 0.306 bits per heavy atom. The number of unbranched alkanes of at least 4 members (excludes halogenated alkanes) is 44. The number of carbonyl (C=O) groups excluding carboxylic acids is 2. The molecule has 0 N–H and O–H groups in total. The zero-order chi connectivity index (χ0) is 52.0. The highest BCUT2D eigenvalue weighted by Crippen LogP contribution is 2.17. The highest BCUT2D eigenvalue weighted by molar-refractivity contribution is 5.70. The van der Waals surface area contributed by atoms with Crippen molar-refractivity contribution in [2.45, 2.75) is 361 Å². The van der Waals surface area contributed by atoms with Gasteiger partial charge in [0.25, 0.3) is 0 Å². The van der Waals surface area contributed by atoms with Gasteiger partial charge >= 0.3 is 11.9 Å². The van der Waals surface area contributed by atoms with Gasteiger partial charge in [0.15, 0.2) is 6.10 Å². The van der Waals surface area contributed by atoms with E-state index in [9.17, 15) is 9.59 Å². The van der Waals surface area contributed by atoms with Crippen molar-refractivity contribution in [3.05, 3.63) is 36.5 Å². The molecule has 0 bridgehead atoms. The number of hydrogen-bond acceptors (Lipinski definition) is 5. The lowest BCUT2D eigenvalue weighted by molar-refractivity contribution is -0.163. The van der Waals surface area contributed by atoms with Gasteiger partial charge < -0.3 is 14.2 Å². The average Bonchev–Trinajstić information content (AvgIpc) is 3.38. The van der Waals surface area contributed by atoms with Gasteiger partial charge in [0.05, 0.1) is 6.61 Å². The molecule has 0 aliphatic rings. The van der Waals surface area contributed by atoms with Crippen LogP contribution in [0.4, 0.5) is 0 Å². The molecule has 5 nitrogen and oxygen atoms in total. The summed E-state index contributed by atoms with van der Waals surface area (Å²) in [5, 5.41) is 0. The fraction of sp³-hybridized carbons (Fsp3) is 0.881. The van der Waals surface area contributed by atoms with Crippen LogP contribution < -0.4 is 0 Å². The molecule has 0 aliphatic carbocycles. The van der Waals surface area contributed by atoms with E-state index in [1.807, 2.05) is 0 Å². The number of ether oxygens (including phenoxy) is 3. The normalized spacial score (nSPS) is 12.3. The highest BCUT2D eigenvalue weighted by Gasteiger charge is 2.18. The molecule has 0 saturated heterocycles. The van der Waals surface area contributed by atoms with Gasteiger partial charge in [-0.2, -0.15) is 0 Å². The molecule has 0 saturated carbocycles. The largest absolute Gasteiger partial charge is 0.462 e. The average molecular weight is 1010 g/mol. The lowest BCUT2D eigenvalue weighted by Gasteiger charge is -2.18. The van der Waals surface area contributed by atoms with E-state index < -0.39 is 6.10 Å². The Balaban J connectivity index is 4.23. The first kappa shape index (κ1) is 70.1. The monoisotopic (exact) mass is 1010 g/mol.